The van der Waals surface area contributed by atoms with Crippen LogP contribution in [0.1, 0.15) is 19.3 Å². The molecular weight excluding hydrogens is 104 g/mol. The SMILES string of the molecule is O/C=C1/CCCCO1. The Balaban J connectivity index is 2.33. The van der Waals surface area contributed by atoms with Crippen molar-refractivity contribution in [3.63, 3.8) is 0 Å². The van der Waals surface area contributed by atoms with Crippen LogP contribution in [0.2, 0.25) is 0 Å². The minimum atomic E-state index is 0.733. The molecule has 0 aliphatic carbocycles. The maximum Gasteiger partial charge on any atom is 0.130 e. The van der Waals surface area contributed by atoms with Crippen molar-refractivity contribution in [2.45, 2.75) is 19.3 Å². The Morgan fingerprint density at radius 2 is 2.38 bits per heavy atom. The van der Waals surface area contributed by atoms with Gasteiger partial charge in [0.2, 0.25) is 0 Å². The van der Waals surface area contributed by atoms with Crippen molar-refractivity contribution in [3.8, 4) is 0 Å². The second-order valence-electron chi connectivity index (χ2n) is 1.90. The molecule has 1 heterocycles. The van der Waals surface area contributed by atoms with Crippen LogP contribution in [0.15, 0.2) is 12.0 Å². The van der Waals surface area contributed by atoms with E-state index in [0.29, 0.717) is 0 Å². The molecule has 0 aromatic carbocycles. The fourth-order valence-corrected chi connectivity index (χ4v) is 0.779. The Morgan fingerprint density at radius 1 is 1.50 bits per heavy atom. The zero-order chi connectivity index (χ0) is 5.82. The number of hydrogen-bond acceptors (Lipinski definition) is 2. The lowest BCUT2D eigenvalue weighted by atomic mass is 10.2. The Morgan fingerprint density at radius 3 is 2.75 bits per heavy atom. The van der Waals surface area contributed by atoms with Crippen molar-refractivity contribution in [1.29, 1.82) is 0 Å². The van der Waals surface area contributed by atoms with Gasteiger partial charge in [0.25, 0.3) is 0 Å². The third kappa shape index (κ3) is 1.15. The molecule has 1 aliphatic rings. The van der Waals surface area contributed by atoms with E-state index in [9.17, 15) is 0 Å². The summed E-state index contributed by atoms with van der Waals surface area (Å²) in [4.78, 5) is 0. The minimum Gasteiger partial charge on any atom is -0.512 e. The van der Waals surface area contributed by atoms with E-state index in [-0.39, 0.29) is 0 Å². The lowest BCUT2D eigenvalue weighted by Crippen LogP contribution is -2.02. The molecule has 2 heteroatoms. The maximum atomic E-state index is 8.40. The summed E-state index contributed by atoms with van der Waals surface area (Å²) in [5.41, 5.74) is 0. The molecule has 1 aliphatic heterocycles. The van der Waals surface area contributed by atoms with Crippen LogP contribution in [0.5, 0.6) is 0 Å². The second-order valence-corrected chi connectivity index (χ2v) is 1.90. The van der Waals surface area contributed by atoms with Crippen molar-refractivity contribution in [2.24, 2.45) is 0 Å². The topological polar surface area (TPSA) is 29.5 Å². The highest BCUT2D eigenvalue weighted by Gasteiger charge is 2.03. The van der Waals surface area contributed by atoms with Gasteiger partial charge in [-0.2, -0.15) is 0 Å². The van der Waals surface area contributed by atoms with Gasteiger partial charge in [-0.05, 0) is 12.8 Å². The van der Waals surface area contributed by atoms with Crippen LogP contribution in [0.25, 0.3) is 0 Å². The third-order valence-corrected chi connectivity index (χ3v) is 1.25. The molecule has 46 valence electrons. The smallest absolute Gasteiger partial charge is 0.130 e. The highest BCUT2D eigenvalue weighted by atomic mass is 16.5. The van der Waals surface area contributed by atoms with E-state index in [1.807, 2.05) is 0 Å². The summed E-state index contributed by atoms with van der Waals surface area (Å²) >= 11 is 0. The van der Waals surface area contributed by atoms with Crippen LogP contribution < -0.4 is 0 Å². The summed E-state index contributed by atoms with van der Waals surface area (Å²) in [6.07, 6.45) is 4.22. The third-order valence-electron chi connectivity index (χ3n) is 1.25. The summed E-state index contributed by atoms with van der Waals surface area (Å²) in [5, 5.41) is 8.40. The van der Waals surface area contributed by atoms with Crippen LogP contribution in [-0.4, -0.2) is 11.7 Å². The molecule has 0 aromatic rings. The van der Waals surface area contributed by atoms with Crippen molar-refractivity contribution < 1.29 is 9.84 Å². The molecule has 1 rings (SSSR count). The molecule has 2 nitrogen and oxygen atoms in total. The standard InChI is InChI=1S/C6H10O2/c7-5-6-3-1-2-4-8-6/h5,7H,1-4H2/b6-5-. The Hall–Kier alpha value is -0.660. The minimum absolute atomic E-state index is 0.733. The fraction of sp³-hybridized carbons (Fsp3) is 0.667. The molecule has 0 unspecified atom stereocenters. The number of ether oxygens (including phenoxy) is 1. The van der Waals surface area contributed by atoms with E-state index in [0.717, 1.165) is 37.9 Å². The van der Waals surface area contributed by atoms with Gasteiger partial charge in [0.05, 0.1) is 6.61 Å². The fourth-order valence-electron chi connectivity index (χ4n) is 0.779. The van der Waals surface area contributed by atoms with Gasteiger partial charge in [0, 0.05) is 6.42 Å². The summed E-state index contributed by atoms with van der Waals surface area (Å²) in [7, 11) is 0. The number of aliphatic hydroxyl groups excluding tert-OH is 1. The van der Waals surface area contributed by atoms with Gasteiger partial charge >= 0.3 is 0 Å². The van der Waals surface area contributed by atoms with Gasteiger partial charge in [-0.1, -0.05) is 0 Å². The first kappa shape index (κ1) is 5.48. The first-order chi connectivity index (χ1) is 3.93. The maximum absolute atomic E-state index is 8.40. The van der Waals surface area contributed by atoms with Crippen LogP contribution in [-0.2, 0) is 4.74 Å². The van der Waals surface area contributed by atoms with E-state index >= 15 is 0 Å². The van der Waals surface area contributed by atoms with Gasteiger partial charge < -0.3 is 9.84 Å². The Kier molecular flexibility index (Phi) is 1.78. The molecule has 1 saturated heterocycles. The van der Waals surface area contributed by atoms with Gasteiger partial charge in [-0.15, -0.1) is 0 Å². The molecule has 1 fully saturated rings. The Labute approximate surface area is 48.8 Å². The van der Waals surface area contributed by atoms with Crippen LogP contribution in [0.3, 0.4) is 0 Å². The summed E-state index contributed by atoms with van der Waals surface area (Å²) < 4.78 is 5.04. The molecule has 0 bridgehead atoms. The molecule has 0 amide bonds. The first-order valence-corrected chi connectivity index (χ1v) is 2.89. The first-order valence-electron chi connectivity index (χ1n) is 2.89. The van der Waals surface area contributed by atoms with Crippen LogP contribution in [0.4, 0.5) is 0 Å². The number of hydrogen-bond donors (Lipinski definition) is 1. The molecule has 0 radical (unpaired) electrons. The van der Waals surface area contributed by atoms with E-state index in [2.05, 4.69) is 0 Å². The van der Waals surface area contributed by atoms with E-state index < -0.39 is 0 Å². The molecule has 8 heavy (non-hydrogen) atoms. The van der Waals surface area contributed by atoms with Gasteiger partial charge in [-0.25, -0.2) is 0 Å². The monoisotopic (exact) mass is 114 g/mol. The highest BCUT2D eigenvalue weighted by Crippen LogP contribution is 2.14. The molecule has 1 N–H and O–H groups in total. The van der Waals surface area contributed by atoms with E-state index in [1.54, 1.807) is 0 Å². The molecule has 0 aromatic heterocycles. The zero-order valence-corrected chi connectivity index (χ0v) is 4.76. The average molecular weight is 114 g/mol. The molecular formula is C6H10O2. The van der Waals surface area contributed by atoms with Gasteiger partial charge in [-0.3, -0.25) is 0 Å². The summed E-state index contributed by atoms with van der Waals surface area (Å²) in [5.74, 6) is 0.733. The summed E-state index contributed by atoms with van der Waals surface area (Å²) in [6.45, 7) is 0.770. The lowest BCUT2D eigenvalue weighted by Gasteiger charge is -2.13. The molecule has 0 atom stereocenters. The van der Waals surface area contributed by atoms with Crippen molar-refractivity contribution in [1.82, 2.24) is 0 Å². The predicted molar refractivity (Wildman–Crippen MR) is 30.5 cm³/mol. The van der Waals surface area contributed by atoms with Crippen molar-refractivity contribution in [2.75, 3.05) is 6.61 Å². The predicted octanol–water partition coefficient (Wildman–Crippen LogP) is 1.59. The van der Waals surface area contributed by atoms with E-state index in [1.165, 1.54) is 0 Å². The molecule has 0 spiro atoms. The quantitative estimate of drug-likeness (QED) is 0.484. The van der Waals surface area contributed by atoms with Gasteiger partial charge in [0.1, 0.15) is 12.0 Å². The van der Waals surface area contributed by atoms with Crippen molar-refractivity contribution in [3.05, 3.63) is 12.0 Å². The Bertz CT molecular complexity index is 88.7. The number of rotatable bonds is 0. The van der Waals surface area contributed by atoms with Crippen LogP contribution >= 0.6 is 0 Å². The zero-order valence-electron chi connectivity index (χ0n) is 4.76. The normalized spacial score (nSPS) is 25.2. The molecule has 0 saturated carbocycles. The van der Waals surface area contributed by atoms with E-state index in [4.69, 9.17) is 9.84 Å². The number of allylic oxidation sites excluding steroid dienone is 1. The van der Waals surface area contributed by atoms with Crippen LogP contribution in [0, 0.1) is 0 Å². The number of aliphatic hydroxyl groups is 1. The average Bonchev–Trinajstić information content (AvgIpc) is 1.90. The second kappa shape index (κ2) is 2.60. The lowest BCUT2D eigenvalue weighted by molar-refractivity contribution is 0.156. The van der Waals surface area contributed by atoms with Crippen molar-refractivity contribution >= 4 is 0 Å². The highest BCUT2D eigenvalue weighted by molar-refractivity contribution is 4.88. The summed E-state index contributed by atoms with van der Waals surface area (Å²) in [6, 6.07) is 0. The largest absolute Gasteiger partial charge is 0.512 e. The van der Waals surface area contributed by atoms with Gasteiger partial charge in [0.15, 0.2) is 0 Å².